The molecule has 118 valence electrons. The lowest BCUT2D eigenvalue weighted by Crippen LogP contribution is -2.51. The second-order valence-electron chi connectivity index (χ2n) is 5.38. The number of hydrogen-bond donors (Lipinski definition) is 1. The van der Waals surface area contributed by atoms with Crippen LogP contribution in [0.25, 0.3) is 0 Å². The van der Waals surface area contributed by atoms with Gasteiger partial charge in [-0.05, 0) is 31.5 Å². The summed E-state index contributed by atoms with van der Waals surface area (Å²) in [7, 11) is -3.57. The third-order valence-corrected chi connectivity index (χ3v) is 6.27. The molecule has 21 heavy (non-hydrogen) atoms. The number of hydrogen-bond acceptors (Lipinski definition) is 4. The molecule has 0 spiro atoms. The van der Waals surface area contributed by atoms with Crippen LogP contribution in [0.2, 0.25) is 5.02 Å². The van der Waals surface area contributed by atoms with Crippen molar-refractivity contribution in [2.75, 3.05) is 31.9 Å². The minimum atomic E-state index is -3.57. The number of anilines is 1. The van der Waals surface area contributed by atoms with Crippen molar-refractivity contribution in [1.82, 2.24) is 9.21 Å². The minimum Gasteiger partial charge on any atom is -0.398 e. The largest absolute Gasteiger partial charge is 0.398 e. The number of sulfonamides is 1. The highest BCUT2D eigenvalue weighted by atomic mass is 35.5. The van der Waals surface area contributed by atoms with Gasteiger partial charge < -0.3 is 5.73 Å². The van der Waals surface area contributed by atoms with E-state index >= 15 is 0 Å². The zero-order chi connectivity index (χ0) is 15.6. The smallest absolute Gasteiger partial charge is 0.245 e. The minimum absolute atomic E-state index is 0.104. The number of halogens is 1. The van der Waals surface area contributed by atoms with E-state index < -0.39 is 10.0 Å². The van der Waals surface area contributed by atoms with Crippen LogP contribution in [0.1, 0.15) is 20.3 Å². The molecule has 1 saturated heterocycles. The van der Waals surface area contributed by atoms with Gasteiger partial charge >= 0.3 is 0 Å². The van der Waals surface area contributed by atoms with Gasteiger partial charge in [0.1, 0.15) is 4.90 Å². The lowest BCUT2D eigenvalue weighted by atomic mass is 10.2. The molecule has 0 bridgehead atoms. The molecule has 1 atom stereocenters. The molecule has 1 aliphatic heterocycles. The summed E-state index contributed by atoms with van der Waals surface area (Å²) in [5.74, 6) is 0. The standard InChI is InChI=1S/C14H22ClN3O2S/c1-3-11(2)17-6-8-18(9-7-17)21(19,20)14-10-12(15)4-5-13(14)16/h4-5,10-11H,3,6-9,16H2,1-2H3. The molecule has 1 aromatic carbocycles. The average Bonchev–Trinajstić information content (AvgIpc) is 2.49. The zero-order valence-corrected chi connectivity index (χ0v) is 14.0. The molecule has 0 amide bonds. The predicted octanol–water partition coefficient (Wildman–Crippen LogP) is 2.03. The monoisotopic (exact) mass is 331 g/mol. The van der Waals surface area contributed by atoms with Gasteiger partial charge in [0.2, 0.25) is 10.0 Å². The van der Waals surface area contributed by atoms with Crippen LogP contribution in [0.5, 0.6) is 0 Å². The number of benzene rings is 1. The molecule has 0 saturated carbocycles. The molecule has 2 N–H and O–H groups in total. The van der Waals surface area contributed by atoms with Crippen LogP contribution in [0.4, 0.5) is 5.69 Å². The number of nitrogens with two attached hydrogens (primary N) is 1. The summed E-state index contributed by atoms with van der Waals surface area (Å²) in [6.45, 7) is 6.76. The molecular weight excluding hydrogens is 310 g/mol. The molecule has 5 nitrogen and oxygen atoms in total. The predicted molar refractivity (Wildman–Crippen MR) is 85.9 cm³/mol. The first kappa shape index (κ1) is 16.5. The molecule has 1 aliphatic rings. The summed E-state index contributed by atoms with van der Waals surface area (Å²) in [5, 5.41) is 0.376. The lowest BCUT2D eigenvalue weighted by molar-refractivity contribution is 0.142. The first-order valence-electron chi connectivity index (χ1n) is 7.15. The quantitative estimate of drug-likeness (QED) is 0.857. The van der Waals surface area contributed by atoms with Gasteiger partial charge in [-0.2, -0.15) is 4.31 Å². The Labute approximate surface area is 131 Å². The highest BCUT2D eigenvalue weighted by Crippen LogP contribution is 2.26. The molecule has 1 unspecified atom stereocenters. The summed E-state index contributed by atoms with van der Waals surface area (Å²) in [6.07, 6.45) is 1.06. The van der Waals surface area contributed by atoms with Gasteiger partial charge in [0.25, 0.3) is 0 Å². The first-order valence-corrected chi connectivity index (χ1v) is 8.97. The Morgan fingerprint density at radius 1 is 1.29 bits per heavy atom. The maximum absolute atomic E-state index is 12.7. The summed E-state index contributed by atoms with van der Waals surface area (Å²) in [5.41, 5.74) is 6.04. The maximum Gasteiger partial charge on any atom is 0.245 e. The molecule has 0 aromatic heterocycles. The summed E-state index contributed by atoms with van der Waals surface area (Å²) in [4.78, 5) is 2.42. The second-order valence-corrected chi connectivity index (χ2v) is 7.72. The molecular formula is C14H22ClN3O2S. The van der Waals surface area contributed by atoms with E-state index in [0.717, 1.165) is 19.5 Å². The van der Waals surface area contributed by atoms with Gasteiger partial charge in [-0.15, -0.1) is 0 Å². The van der Waals surface area contributed by atoms with Crippen LogP contribution in [-0.4, -0.2) is 49.8 Å². The molecule has 0 radical (unpaired) electrons. The fraction of sp³-hybridized carbons (Fsp3) is 0.571. The third kappa shape index (κ3) is 3.51. The van der Waals surface area contributed by atoms with Crippen molar-refractivity contribution in [3.63, 3.8) is 0 Å². The zero-order valence-electron chi connectivity index (χ0n) is 12.4. The summed E-state index contributed by atoms with van der Waals surface area (Å²) >= 11 is 5.90. The van der Waals surface area contributed by atoms with Crippen molar-refractivity contribution < 1.29 is 8.42 Å². The van der Waals surface area contributed by atoms with Crippen molar-refractivity contribution in [3.05, 3.63) is 23.2 Å². The van der Waals surface area contributed by atoms with Gasteiger partial charge in [-0.25, -0.2) is 8.42 Å². The Kier molecular flexibility index (Phi) is 5.14. The van der Waals surface area contributed by atoms with Crippen molar-refractivity contribution >= 4 is 27.3 Å². The Hall–Kier alpha value is -0.820. The molecule has 1 fully saturated rings. The van der Waals surface area contributed by atoms with Gasteiger partial charge in [-0.3, -0.25) is 4.90 Å². The molecule has 1 aromatic rings. The Balaban J connectivity index is 2.17. The highest BCUT2D eigenvalue weighted by Gasteiger charge is 2.31. The molecule has 1 heterocycles. The van der Waals surface area contributed by atoms with E-state index in [0.29, 0.717) is 24.2 Å². The van der Waals surface area contributed by atoms with E-state index in [9.17, 15) is 8.42 Å². The van der Waals surface area contributed by atoms with E-state index in [1.807, 2.05) is 0 Å². The van der Waals surface area contributed by atoms with Gasteiger partial charge in [0, 0.05) is 37.2 Å². The highest BCUT2D eigenvalue weighted by molar-refractivity contribution is 7.89. The fourth-order valence-electron chi connectivity index (χ4n) is 2.51. The van der Waals surface area contributed by atoms with Crippen LogP contribution in [0.15, 0.2) is 23.1 Å². The Morgan fingerprint density at radius 2 is 1.90 bits per heavy atom. The number of nitrogen functional groups attached to an aromatic ring is 1. The summed E-state index contributed by atoms with van der Waals surface area (Å²) in [6, 6.07) is 5.03. The molecule has 2 rings (SSSR count). The van der Waals surface area contributed by atoms with Gasteiger partial charge in [0.15, 0.2) is 0 Å². The second kappa shape index (κ2) is 6.52. The van der Waals surface area contributed by atoms with E-state index in [-0.39, 0.29) is 10.6 Å². The van der Waals surface area contributed by atoms with Crippen molar-refractivity contribution in [1.29, 1.82) is 0 Å². The molecule has 7 heteroatoms. The van der Waals surface area contributed by atoms with Crippen LogP contribution in [0.3, 0.4) is 0 Å². The van der Waals surface area contributed by atoms with Crippen LogP contribution < -0.4 is 5.73 Å². The van der Waals surface area contributed by atoms with Crippen molar-refractivity contribution in [3.8, 4) is 0 Å². The lowest BCUT2D eigenvalue weighted by Gasteiger charge is -2.37. The van der Waals surface area contributed by atoms with Crippen LogP contribution in [-0.2, 0) is 10.0 Å². The Bertz CT molecular complexity index is 598. The van der Waals surface area contributed by atoms with Gasteiger partial charge in [0.05, 0.1) is 5.69 Å². The van der Waals surface area contributed by atoms with E-state index in [2.05, 4.69) is 18.7 Å². The number of rotatable bonds is 4. The average molecular weight is 332 g/mol. The van der Waals surface area contributed by atoms with Crippen LogP contribution >= 0.6 is 11.6 Å². The van der Waals surface area contributed by atoms with E-state index in [1.54, 1.807) is 6.07 Å². The SMILES string of the molecule is CCC(C)N1CCN(S(=O)(=O)c2cc(Cl)ccc2N)CC1. The maximum atomic E-state index is 12.7. The van der Waals surface area contributed by atoms with E-state index in [4.69, 9.17) is 17.3 Å². The molecule has 0 aliphatic carbocycles. The summed E-state index contributed by atoms with van der Waals surface area (Å²) < 4.78 is 26.8. The fourth-order valence-corrected chi connectivity index (χ4v) is 4.31. The van der Waals surface area contributed by atoms with E-state index in [1.165, 1.54) is 16.4 Å². The first-order chi connectivity index (χ1) is 9.86. The third-order valence-electron chi connectivity index (χ3n) is 4.08. The van der Waals surface area contributed by atoms with Crippen molar-refractivity contribution in [2.24, 2.45) is 0 Å². The Morgan fingerprint density at radius 3 is 2.48 bits per heavy atom. The normalized spacial score (nSPS) is 19.6. The topological polar surface area (TPSA) is 66.6 Å². The number of nitrogens with zero attached hydrogens (tertiary/aromatic N) is 2. The van der Waals surface area contributed by atoms with Crippen molar-refractivity contribution in [2.45, 2.75) is 31.2 Å². The van der Waals surface area contributed by atoms with Gasteiger partial charge in [-0.1, -0.05) is 18.5 Å². The number of piperazine rings is 1. The van der Waals surface area contributed by atoms with Crippen LogP contribution in [0, 0.1) is 0 Å².